The summed E-state index contributed by atoms with van der Waals surface area (Å²) in [5, 5.41) is 10.8. The fourth-order valence-electron chi connectivity index (χ4n) is 3.07. The fourth-order valence-corrected chi connectivity index (χ4v) is 3.97. The number of rotatable bonds is 4. The Morgan fingerprint density at radius 1 is 1.29 bits per heavy atom. The zero-order valence-electron chi connectivity index (χ0n) is 13.5. The van der Waals surface area contributed by atoms with Gasteiger partial charge < -0.3 is 9.72 Å². The van der Waals surface area contributed by atoms with Crippen molar-refractivity contribution in [3.05, 3.63) is 48.9 Å². The van der Waals surface area contributed by atoms with Crippen LogP contribution in [0.3, 0.4) is 0 Å². The Bertz CT molecular complexity index is 773. The molecule has 128 valence electrons. The Morgan fingerprint density at radius 3 is 2.50 bits per heavy atom. The number of nitrogens with zero attached hydrogens (tertiary/aromatic N) is 2. The molecule has 0 saturated carbocycles. The number of ether oxygens (including phenoxy) is 1. The molecule has 0 radical (unpaired) electrons. The molecule has 1 fully saturated rings. The Morgan fingerprint density at radius 2 is 1.92 bits per heavy atom. The van der Waals surface area contributed by atoms with Crippen LogP contribution >= 0.6 is 11.3 Å². The summed E-state index contributed by atoms with van der Waals surface area (Å²) >= 11 is 1.19. The van der Waals surface area contributed by atoms with Crippen LogP contribution in [0.4, 0.5) is 5.69 Å². The average Bonchev–Trinajstić information content (AvgIpc) is 2.86. The summed E-state index contributed by atoms with van der Waals surface area (Å²) in [6, 6.07) is 6.25. The van der Waals surface area contributed by atoms with E-state index in [4.69, 9.17) is 4.74 Å². The third-order valence-electron chi connectivity index (χ3n) is 3.95. The minimum Gasteiger partial charge on any atom is -0.373 e. The SMILES string of the molecule is CC1CN(Cc2sc(=O)[nH]c2-c2ccc([N+](=O)[O-])cc2)CC(C)O1. The van der Waals surface area contributed by atoms with Crippen LogP contribution in [0.25, 0.3) is 11.3 Å². The first-order valence-electron chi connectivity index (χ1n) is 7.77. The summed E-state index contributed by atoms with van der Waals surface area (Å²) in [5.74, 6) is 0. The molecule has 0 spiro atoms. The lowest BCUT2D eigenvalue weighted by molar-refractivity contribution is -0.384. The maximum atomic E-state index is 11.8. The van der Waals surface area contributed by atoms with E-state index in [0.29, 0.717) is 6.54 Å². The molecule has 1 aromatic heterocycles. The van der Waals surface area contributed by atoms with E-state index in [0.717, 1.165) is 29.2 Å². The lowest BCUT2D eigenvalue weighted by Gasteiger charge is -2.35. The lowest BCUT2D eigenvalue weighted by Crippen LogP contribution is -2.44. The number of nitro groups is 1. The highest BCUT2D eigenvalue weighted by atomic mass is 32.1. The smallest absolute Gasteiger partial charge is 0.305 e. The molecule has 24 heavy (non-hydrogen) atoms. The van der Waals surface area contributed by atoms with Gasteiger partial charge in [-0.1, -0.05) is 11.3 Å². The van der Waals surface area contributed by atoms with Gasteiger partial charge in [0.2, 0.25) is 0 Å². The van der Waals surface area contributed by atoms with Gasteiger partial charge in [-0.25, -0.2) is 0 Å². The molecule has 1 aromatic carbocycles. The van der Waals surface area contributed by atoms with E-state index in [-0.39, 0.29) is 22.8 Å². The van der Waals surface area contributed by atoms with Crippen LogP contribution in [0.5, 0.6) is 0 Å². The molecule has 0 aliphatic carbocycles. The maximum absolute atomic E-state index is 11.8. The second-order valence-corrected chi connectivity index (χ2v) is 7.14. The Hall–Kier alpha value is -2.03. The molecule has 0 bridgehead atoms. The quantitative estimate of drug-likeness (QED) is 0.677. The highest BCUT2D eigenvalue weighted by Gasteiger charge is 2.24. The molecule has 2 unspecified atom stereocenters. The van der Waals surface area contributed by atoms with E-state index in [1.165, 1.54) is 23.5 Å². The van der Waals surface area contributed by atoms with Crippen molar-refractivity contribution in [2.75, 3.05) is 13.1 Å². The van der Waals surface area contributed by atoms with Crippen molar-refractivity contribution < 1.29 is 9.66 Å². The summed E-state index contributed by atoms with van der Waals surface area (Å²) in [6.07, 6.45) is 0.319. The molecule has 0 amide bonds. The first-order valence-corrected chi connectivity index (χ1v) is 8.58. The van der Waals surface area contributed by atoms with Gasteiger partial charge in [0.05, 0.1) is 22.8 Å². The standard InChI is InChI=1S/C16H19N3O4S/c1-10-7-18(8-11(2)23-10)9-14-15(17-16(20)24-14)12-3-5-13(6-4-12)19(21)22/h3-6,10-11H,7-9H2,1-2H3,(H,17,20). The number of aromatic amines is 1. The van der Waals surface area contributed by atoms with Crippen molar-refractivity contribution >= 4 is 17.0 Å². The van der Waals surface area contributed by atoms with Crippen LogP contribution in [0.2, 0.25) is 0 Å². The molecular weight excluding hydrogens is 330 g/mol. The number of benzene rings is 1. The normalized spacial score (nSPS) is 21.8. The number of morpholine rings is 1. The van der Waals surface area contributed by atoms with Gasteiger partial charge >= 0.3 is 4.87 Å². The number of aromatic nitrogens is 1. The van der Waals surface area contributed by atoms with Crippen LogP contribution in [-0.4, -0.2) is 40.1 Å². The molecule has 2 heterocycles. The summed E-state index contributed by atoms with van der Waals surface area (Å²) < 4.78 is 5.74. The average molecular weight is 349 g/mol. The molecule has 2 atom stereocenters. The van der Waals surface area contributed by atoms with Crippen molar-refractivity contribution in [3.63, 3.8) is 0 Å². The number of hydrogen-bond donors (Lipinski definition) is 1. The highest BCUT2D eigenvalue weighted by molar-refractivity contribution is 7.09. The molecule has 2 aromatic rings. The molecule has 1 saturated heterocycles. The number of nitro benzene ring substituents is 1. The van der Waals surface area contributed by atoms with Gasteiger partial charge in [-0.3, -0.25) is 19.8 Å². The summed E-state index contributed by atoms with van der Waals surface area (Å²) in [6.45, 7) is 6.37. The zero-order chi connectivity index (χ0) is 17.3. The third-order valence-corrected chi connectivity index (χ3v) is 4.82. The van der Waals surface area contributed by atoms with Crippen molar-refractivity contribution in [1.29, 1.82) is 0 Å². The van der Waals surface area contributed by atoms with E-state index < -0.39 is 4.92 Å². The van der Waals surface area contributed by atoms with Gasteiger partial charge in [-0.05, 0) is 31.5 Å². The molecule has 1 aliphatic rings. The monoisotopic (exact) mass is 349 g/mol. The maximum Gasteiger partial charge on any atom is 0.305 e. The molecule has 7 nitrogen and oxygen atoms in total. The van der Waals surface area contributed by atoms with Crippen molar-refractivity contribution in [1.82, 2.24) is 9.88 Å². The second kappa shape index (κ2) is 6.84. The fraction of sp³-hybridized carbons (Fsp3) is 0.438. The largest absolute Gasteiger partial charge is 0.373 e. The predicted molar refractivity (Wildman–Crippen MR) is 92.3 cm³/mol. The lowest BCUT2D eigenvalue weighted by atomic mass is 10.1. The Balaban J connectivity index is 1.85. The molecule has 1 N–H and O–H groups in total. The Kier molecular flexibility index (Phi) is 4.79. The minimum absolute atomic E-state index is 0.0358. The van der Waals surface area contributed by atoms with Crippen molar-refractivity contribution in [2.45, 2.75) is 32.6 Å². The number of nitrogens with one attached hydrogen (secondary N) is 1. The number of thiazole rings is 1. The topological polar surface area (TPSA) is 88.5 Å². The van der Waals surface area contributed by atoms with Gasteiger partial charge in [-0.15, -0.1) is 0 Å². The van der Waals surface area contributed by atoms with E-state index in [2.05, 4.69) is 9.88 Å². The molecule has 3 rings (SSSR count). The minimum atomic E-state index is -0.433. The van der Waals surface area contributed by atoms with E-state index in [9.17, 15) is 14.9 Å². The van der Waals surface area contributed by atoms with Crippen LogP contribution in [0.15, 0.2) is 29.1 Å². The number of non-ortho nitro benzene ring substituents is 1. The zero-order valence-corrected chi connectivity index (χ0v) is 14.3. The van der Waals surface area contributed by atoms with Crippen LogP contribution < -0.4 is 4.87 Å². The van der Waals surface area contributed by atoms with Crippen LogP contribution in [0.1, 0.15) is 18.7 Å². The third kappa shape index (κ3) is 3.72. The van der Waals surface area contributed by atoms with Gasteiger partial charge in [0, 0.05) is 36.6 Å². The predicted octanol–water partition coefficient (Wildman–Crippen LogP) is 2.62. The molecule has 1 aliphatic heterocycles. The van der Waals surface area contributed by atoms with Gasteiger partial charge in [0.1, 0.15) is 0 Å². The molecule has 8 heteroatoms. The van der Waals surface area contributed by atoms with Crippen LogP contribution in [0, 0.1) is 10.1 Å². The van der Waals surface area contributed by atoms with E-state index in [1.54, 1.807) is 12.1 Å². The van der Waals surface area contributed by atoms with E-state index in [1.807, 2.05) is 13.8 Å². The van der Waals surface area contributed by atoms with Crippen LogP contribution in [-0.2, 0) is 11.3 Å². The second-order valence-electron chi connectivity index (χ2n) is 6.07. The van der Waals surface area contributed by atoms with Gasteiger partial charge in [-0.2, -0.15) is 0 Å². The van der Waals surface area contributed by atoms with Gasteiger partial charge in [0.25, 0.3) is 5.69 Å². The van der Waals surface area contributed by atoms with E-state index >= 15 is 0 Å². The summed E-state index contributed by atoms with van der Waals surface area (Å²) in [5.41, 5.74) is 1.56. The number of hydrogen-bond acceptors (Lipinski definition) is 6. The Labute approximate surface area is 143 Å². The number of H-pyrrole nitrogens is 1. The first-order chi connectivity index (χ1) is 11.4. The van der Waals surface area contributed by atoms with Crippen molar-refractivity contribution in [2.24, 2.45) is 0 Å². The van der Waals surface area contributed by atoms with Gasteiger partial charge in [0.15, 0.2) is 0 Å². The summed E-state index contributed by atoms with van der Waals surface area (Å²) in [4.78, 5) is 28.1. The first kappa shape index (κ1) is 16.8. The summed E-state index contributed by atoms with van der Waals surface area (Å²) in [7, 11) is 0. The highest BCUT2D eigenvalue weighted by Crippen LogP contribution is 2.27. The van der Waals surface area contributed by atoms with Crippen molar-refractivity contribution in [3.8, 4) is 11.3 Å². The molecular formula is C16H19N3O4S.